The van der Waals surface area contributed by atoms with Crippen molar-refractivity contribution >= 4 is 28.9 Å². The third kappa shape index (κ3) is 4.00. The fourth-order valence-electron chi connectivity index (χ4n) is 3.23. The summed E-state index contributed by atoms with van der Waals surface area (Å²) >= 11 is 6.19. The molecule has 1 fully saturated rings. The van der Waals surface area contributed by atoms with E-state index in [1.165, 1.54) is 6.33 Å². The van der Waals surface area contributed by atoms with Crippen LogP contribution in [-0.4, -0.2) is 58.8 Å². The number of halogens is 1. The highest BCUT2D eigenvalue weighted by Crippen LogP contribution is 2.30. The summed E-state index contributed by atoms with van der Waals surface area (Å²) in [5.74, 6) is -0.178. The molecule has 1 saturated heterocycles. The molecule has 2 aromatic carbocycles. The molecule has 8 heteroatoms. The standard InChI is InChI=1S/C20H21ClN6O/c1-25-8-10-26(11-9-25)19-7-4-16(21)12-18(19)24-20(28)15-2-5-17(6-3-15)27-14-22-13-23-27/h2-7,12-14H,8-11H2,1H3,(H,24,28). The summed E-state index contributed by atoms with van der Waals surface area (Å²) in [5, 5.41) is 7.70. The molecule has 0 aliphatic carbocycles. The lowest BCUT2D eigenvalue weighted by Gasteiger charge is -2.35. The van der Waals surface area contributed by atoms with Gasteiger partial charge >= 0.3 is 0 Å². The summed E-state index contributed by atoms with van der Waals surface area (Å²) in [6.45, 7) is 3.79. The maximum atomic E-state index is 12.8. The number of hydrogen-bond acceptors (Lipinski definition) is 5. The van der Waals surface area contributed by atoms with Crippen LogP contribution in [-0.2, 0) is 0 Å². The van der Waals surface area contributed by atoms with Crippen LogP contribution >= 0.6 is 11.6 Å². The molecule has 1 aliphatic heterocycles. The number of piperazine rings is 1. The van der Waals surface area contributed by atoms with Crippen LogP contribution in [0.4, 0.5) is 11.4 Å². The Labute approximate surface area is 168 Å². The summed E-state index contributed by atoms with van der Waals surface area (Å²) in [6, 6.07) is 12.8. The first-order valence-electron chi connectivity index (χ1n) is 9.09. The molecular weight excluding hydrogens is 376 g/mol. The number of nitrogens with one attached hydrogen (secondary N) is 1. The Morgan fingerprint density at radius 2 is 1.82 bits per heavy atom. The normalized spacial score (nSPS) is 14.9. The van der Waals surface area contributed by atoms with Gasteiger partial charge in [0.25, 0.3) is 5.91 Å². The van der Waals surface area contributed by atoms with Crippen molar-refractivity contribution in [1.82, 2.24) is 19.7 Å². The summed E-state index contributed by atoms with van der Waals surface area (Å²) in [4.78, 5) is 21.3. The minimum Gasteiger partial charge on any atom is -0.367 e. The first-order chi connectivity index (χ1) is 13.6. The quantitative estimate of drug-likeness (QED) is 0.734. The number of anilines is 2. The molecule has 2 heterocycles. The van der Waals surface area contributed by atoms with Crippen molar-refractivity contribution in [1.29, 1.82) is 0 Å². The van der Waals surface area contributed by atoms with Crippen molar-refractivity contribution in [3.8, 4) is 5.69 Å². The lowest BCUT2D eigenvalue weighted by atomic mass is 10.1. The molecule has 1 amide bonds. The number of carbonyl (C=O) groups is 1. The minimum absolute atomic E-state index is 0.178. The second kappa shape index (κ2) is 8.00. The van der Waals surface area contributed by atoms with E-state index in [9.17, 15) is 4.79 Å². The predicted octanol–water partition coefficient (Wildman–Crippen LogP) is 2.92. The van der Waals surface area contributed by atoms with Gasteiger partial charge in [-0.1, -0.05) is 11.6 Å². The summed E-state index contributed by atoms with van der Waals surface area (Å²) < 4.78 is 1.64. The van der Waals surface area contributed by atoms with E-state index in [0.717, 1.165) is 43.2 Å². The molecule has 4 rings (SSSR count). The number of benzene rings is 2. The van der Waals surface area contributed by atoms with Crippen LogP contribution in [0.15, 0.2) is 55.1 Å². The maximum Gasteiger partial charge on any atom is 0.255 e. The van der Waals surface area contributed by atoms with Gasteiger partial charge in [0, 0.05) is 36.8 Å². The summed E-state index contributed by atoms with van der Waals surface area (Å²) in [7, 11) is 2.12. The highest BCUT2D eigenvalue weighted by atomic mass is 35.5. The second-order valence-electron chi connectivity index (χ2n) is 6.79. The molecule has 0 spiro atoms. The fourth-order valence-corrected chi connectivity index (χ4v) is 3.41. The van der Waals surface area contributed by atoms with E-state index >= 15 is 0 Å². The van der Waals surface area contributed by atoms with Crippen molar-refractivity contribution in [3.63, 3.8) is 0 Å². The van der Waals surface area contributed by atoms with E-state index in [2.05, 4.69) is 32.2 Å². The van der Waals surface area contributed by atoms with Crippen molar-refractivity contribution in [2.75, 3.05) is 43.4 Å². The van der Waals surface area contributed by atoms with Crippen LogP contribution in [0.3, 0.4) is 0 Å². The minimum atomic E-state index is -0.178. The van der Waals surface area contributed by atoms with E-state index in [1.807, 2.05) is 24.3 Å². The lowest BCUT2D eigenvalue weighted by Crippen LogP contribution is -2.44. The molecule has 0 atom stereocenters. The number of amides is 1. The first-order valence-corrected chi connectivity index (χ1v) is 9.47. The Balaban J connectivity index is 1.53. The summed E-state index contributed by atoms with van der Waals surface area (Å²) in [5.41, 5.74) is 3.12. The van der Waals surface area contributed by atoms with E-state index < -0.39 is 0 Å². The average molecular weight is 397 g/mol. The number of carbonyl (C=O) groups excluding carboxylic acids is 1. The largest absolute Gasteiger partial charge is 0.367 e. The van der Waals surface area contributed by atoms with Gasteiger partial charge in [0.15, 0.2) is 0 Å². The molecule has 0 unspecified atom stereocenters. The van der Waals surface area contributed by atoms with Crippen LogP contribution in [0, 0.1) is 0 Å². The number of hydrogen-bond donors (Lipinski definition) is 1. The van der Waals surface area contributed by atoms with Crippen LogP contribution in [0.25, 0.3) is 5.69 Å². The first kappa shape index (κ1) is 18.5. The average Bonchev–Trinajstić information content (AvgIpc) is 3.24. The van der Waals surface area contributed by atoms with E-state index in [1.54, 1.807) is 29.2 Å². The molecule has 144 valence electrons. The molecule has 0 saturated carbocycles. The lowest BCUT2D eigenvalue weighted by molar-refractivity contribution is 0.102. The monoisotopic (exact) mass is 396 g/mol. The Hall–Kier alpha value is -2.90. The summed E-state index contributed by atoms with van der Waals surface area (Å²) in [6.07, 6.45) is 3.09. The van der Waals surface area contributed by atoms with Crippen LogP contribution in [0.5, 0.6) is 0 Å². The van der Waals surface area contributed by atoms with Crippen molar-refractivity contribution in [2.45, 2.75) is 0 Å². The van der Waals surface area contributed by atoms with E-state index in [0.29, 0.717) is 10.6 Å². The highest BCUT2D eigenvalue weighted by Gasteiger charge is 2.19. The van der Waals surface area contributed by atoms with Gasteiger partial charge in [0.1, 0.15) is 12.7 Å². The molecule has 1 aromatic heterocycles. The Bertz CT molecular complexity index is 949. The highest BCUT2D eigenvalue weighted by molar-refractivity contribution is 6.31. The molecule has 1 aliphatic rings. The molecular formula is C20H21ClN6O. The van der Waals surface area contributed by atoms with Gasteiger partial charge in [-0.2, -0.15) is 5.10 Å². The van der Waals surface area contributed by atoms with Gasteiger partial charge in [-0.05, 0) is 49.5 Å². The number of likely N-dealkylation sites (N-methyl/N-ethyl adjacent to an activating group) is 1. The zero-order chi connectivity index (χ0) is 19.5. The van der Waals surface area contributed by atoms with Crippen molar-refractivity contribution < 1.29 is 4.79 Å². The third-order valence-corrected chi connectivity index (χ3v) is 5.10. The van der Waals surface area contributed by atoms with Crippen LogP contribution in [0.1, 0.15) is 10.4 Å². The second-order valence-corrected chi connectivity index (χ2v) is 7.23. The van der Waals surface area contributed by atoms with Gasteiger partial charge in [-0.3, -0.25) is 4.79 Å². The Morgan fingerprint density at radius 1 is 1.07 bits per heavy atom. The maximum absolute atomic E-state index is 12.8. The van der Waals surface area contributed by atoms with Gasteiger partial charge in [-0.25, -0.2) is 9.67 Å². The van der Waals surface area contributed by atoms with E-state index in [4.69, 9.17) is 11.6 Å². The molecule has 0 radical (unpaired) electrons. The predicted molar refractivity (Wildman–Crippen MR) is 110 cm³/mol. The van der Waals surface area contributed by atoms with Crippen LogP contribution < -0.4 is 10.2 Å². The van der Waals surface area contributed by atoms with Gasteiger partial charge in [0.2, 0.25) is 0 Å². The van der Waals surface area contributed by atoms with Crippen LogP contribution in [0.2, 0.25) is 5.02 Å². The number of rotatable bonds is 4. The van der Waals surface area contributed by atoms with E-state index in [-0.39, 0.29) is 5.91 Å². The Morgan fingerprint density at radius 3 is 2.50 bits per heavy atom. The fraction of sp³-hybridized carbons (Fsp3) is 0.250. The molecule has 7 nitrogen and oxygen atoms in total. The van der Waals surface area contributed by atoms with Gasteiger partial charge < -0.3 is 15.1 Å². The smallest absolute Gasteiger partial charge is 0.255 e. The third-order valence-electron chi connectivity index (χ3n) is 4.86. The SMILES string of the molecule is CN1CCN(c2ccc(Cl)cc2NC(=O)c2ccc(-n3cncn3)cc2)CC1. The van der Waals surface area contributed by atoms with Crippen molar-refractivity contribution in [2.24, 2.45) is 0 Å². The zero-order valence-corrected chi connectivity index (χ0v) is 16.3. The zero-order valence-electron chi connectivity index (χ0n) is 15.5. The molecule has 3 aromatic rings. The number of nitrogens with zero attached hydrogens (tertiary/aromatic N) is 5. The molecule has 1 N–H and O–H groups in total. The van der Waals surface area contributed by atoms with Gasteiger partial charge in [0.05, 0.1) is 17.1 Å². The Kier molecular flexibility index (Phi) is 5.27. The van der Waals surface area contributed by atoms with Gasteiger partial charge in [-0.15, -0.1) is 0 Å². The van der Waals surface area contributed by atoms with Crippen molar-refractivity contribution in [3.05, 3.63) is 65.7 Å². The molecule has 0 bridgehead atoms. The molecule has 28 heavy (non-hydrogen) atoms. The topological polar surface area (TPSA) is 66.3 Å². The number of aromatic nitrogens is 3.